The second-order valence-corrected chi connectivity index (χ2v) is 4.69. The van der Waals surface area contributed by atoms with Gasteiger partial charge in [0.2, 0.25) is 0 Å². The Morgan fingerprint density at radius 2 is 0.650 bits per heavy atom. The first kappa shape index (κ1) is 12.4. The zero-order chi connectivity index (χ0) is 13.6. The second-order valence-electron chi connectivity index (χ2n) is 4.69. The maximum atomic E-state index is 2.12. The van der Waals surface area contributed by atoms with Crippen LogP contribution < -0.4 is 0 Å². The summed E-state index contributed by atoms with van der Waals surface area (Å²) >= 11 is 0. The molecule has 0 atom stereocenters. The van der Waals surface area contributed by atoms with Crippen LogP contribution in [0.2, 0.25) is 0 Å². The van der Waals surface area contributed by atoms with E-state index in [1.54, 1.807) is 0 Å². The Morgan fingerprint density at radius 3 is 1.10 bits per heavy atom. The van der Waals surface area contributed by atoms with Crippen LogP contribution in [0.3, 0.4) is 0 Å². The van der Waals surface area contributed by atoms with E-state index in [0.717, 1.165) is 0 Å². The lowest BCUT2D eigenvalue weighted by Gasteiger charge is -1.92. The highest BCUT2D eigenvalue weighted by Crippen LogP contribution is 2.19. The second kappa shape index (κ2) is 6.03. The van der Waals surface area contributed by atoms with Gasteiger partial charge in [0.05, 0.1) is 0 Å². The topological polar surface area (TPSA) is 0 Å². The first-order valence-electron chi connectivity index (χ1n) is 6.81. The zero-order valence-electron chi connectivity index (χ0n) is 11.2. The molecule has 0 nitrogen and oxygen atoms in total. The van der Waals surface area contributed by atoms with E-state index in [9.17, 15) is 0 Å². The maximum absolute atomic E-state index is 2.12. The molecule has 0 spiro atoms. The molecule has 0 saturated carbocycles. The van der Waals surface area contributed by atoms with Crippen molar-refractivity contribution in [1.82, 2.24) is 0 Å². The van der Waals surface area contributed by atoms with Crippen molar-refractivity contribution in [2.45, 2.75) is 0 Å². The van der Waals surface area contributed by atoms with Gasteiger partial charge >= 0.3 is 0 Å². The Labute approximate surface area is 119 Å². The quantitative estimate of drug-likeness (QED) is 0.382. The lowest BCUT2D eigenvalue weighted by Crippen LogP contribution is -1.67. The first-order valence-corrected chi connectivity index (χ1v) is 6.81. The molecule has 0 unspecified atom stereocenters. The Bertz CT molecular complexity index is 677. The number of rotatable bonds is 0. The molecule has 0 radical (unpaired) electrons. The Kier molecular flexibility index (Phi) is 3.75. The van der Waals surface area contributed by atoms with Gasteiger partial charge in [0.15, 0.2) is 0 Å². The highest BCUT2D eigenvalue weighted by Gasteiger charge is 1.94. The molecule has 2 aromatic carbocycles. The van der Waals surface area contributed by atoms with Crippen LogP contribution in [0.25, 0.3) is 21.9 Å². The van der Waals surface area contributed by atoms with Crippen LogP contribution >= 0.6 is 0 Å². The molecule has 96 valence electrons. The van der Waals surface area contributed by atoms with Gasteiger partial charge in [0, 0.05) is 0 Å². The molecule has 0 saturated heterocycles. The molecule has 0 fully saturated rings. The lowest BCUT2D eigenvalue weighted by atomic mass is 10.1. The van der Waals surface area contributed by atoms with Gasteiger partial charge in [-0.25, -0.2) is 0 Å². The van der Waals surface area contributed by atoms with Crippen molar-refractivity contribution in [3.05, 3.63) is 97.1 Å². The monoisotopic (exact) mass is 256 g/mol. The third-order valence-corrected chi connectivity index (χ3v) is 3.32. The molecule has 2 aromatic rings. The summed E-state index contributed by atoms with van der Waals surface area (Å²) in [5.74, 6) is 0. The Balaban J connectivity index is 0.000000121. The molecule has 0 heterocycles. The molecule has 20 heavy (non-hydrogen) atoms. The molecule has 2 aliphatic carbocycles. The third kappa shape index (κ3) is 2.86. The van der Waals surface area contributed by atoms with Gasteiger partial charge in [-0.2, -0.15) is 0 Å². The fourth-order valence-electron chi connectivity index (χ4n) is 2.27. The lowest BCUT2D eigenvalue weighted by molar-refractivity contribution is 1.75. The van der Waals surface area contributed by atoms with Gasteiger partial charge in [-0.15, -0.1) is 0 Å². The summed E-state index contributed by atoms with van der Waals surface area (Å²) in [4.78, 5) is 0. The molecular formula is C20H16. The van der Waals surface area contributed by atoms with Crippen molar-refractivity contribution in [3.8, 4) is 11.1 Å². The van der Waals surface area contributed by atoms with Gasteiger partial charge < -0.3 is 0 Å². The maximum Gasteiger partial charge on any atom is -0.0184 e. The van der Waals surface area contributed by atoms with E-state index in [4.69, 9.17) is 0 Å². The smallest absolute Gasteiger partial charge is 0.0184 e. The van der Waals surface area contributed by atoms with Crippen molar-refractivity contribution >= 4 is 10.8 Å². The van der Waals surface area contributed by atoms with E-state index < -0.39 is 0 Å². The minimum Gasteiger partial charge on any atom is -0.0622 e. The van der Waals surface area contributed by atoms with E-state index in [1.165, 1.54) is 21.9 Å². The molecule has 2 aliphatic rings. The van der Waals surface area contributed by atoms with Crippen LogP contribution in [0.4, 0.5) is 0 Å². The third-order valence-electron chi connectivity index (χ3n) is 3.32. The summed E-state index contributed by atoms with van der Waals surface area (Å²) in [6, 6.07) is 33.4. The average molecular weight is 256 g/mol. The van der Waals surface area contributed by atoms with E-state index in [2.05, 4.69) is 91.0 Å². The van der Waals surface area contributed by atoms with E-state index in [0.29, 0.717) is 0 Å². The molecular weight excluding hydrogens is 240 g/mol. The number of fused-ring (bicyclic) bond motifs is 2. The number of hydrogen-bond donors (Lipinski definition) is 0. The largest absolute Gasteiger partial charge is 0.0622 e. The predicted octanol–water partition coefficient (Wildman–Crippen LogP) is 5.63. The zero-order valence-corrected chi connectivity index (χ0v) is 11.2. The van der Waals surface area contributed by atoms with E-state index in [1.807, 2.05) is 6.07 Å². The molecule has 0 aliphatic heterocycles. The van der Waals surface area contributed by atoms with E-state index in [-0.39, 0.29) is 0 Å². The van der Waals surface area contributed by atoms with Crippen molar-refractivity contribution in [2.75, 3.05) is 0 Å². The fraction of sp³-hybridized carbons (Fsp3) is 0. The van der Waals surface area contributed by atoms with Gasteiger partial charge in [0.1, 0.15) is 0 Å². The molecule has 0 heteroatoms. The average Bonchev–Trinajstić information content (AvgIpc) is 2.84. The molecule has 4 rings (SSSR count). The summed E-state index contributed by atoms with van der Waals surface area (Å²) < 4.78 is 0. The van der Waals surface area contributed by atoms with Crippen LogP contribution in [0.1, 0.15) is 0 Å². The molecule has 0 amide bonds. The van der Waals surface area contributed by atoms with Crippen LogP contribution in [-0.4, -0.2) is 0 Å². The van der Waals surface area contributed by atoms with E-state index >= 15 is 0 Å². The van der Waals surface area contributed by atoms with Crippen LogP contribution in [-0.2, 0) is 0 Å². The first-order chi connectivity index (χ1) is 9.93. The summed E-state index contributed by atoms with van der Waals surface area (Å²) in [5, 5.41) is 2.62. The van der Waals surface area contributed by atoms with Crippen molar-refractivity contribution in [1.29, 1.82) is 0 Å². The van der Waals surface area contributed by atoms with Gasteiger partial charge in [-0.05, 0) is 21.9 Å². The minimum atomic E-state index is 1.31. The summed E-state index contributed by atoms with van der Waals surface area (Å²) in [7, 11) is 0. The standard InChI is InChI=1S/2C10H8/c1-2-6-10-8-4-3-7-9(10)5-1;1-2-5-9-7-4-8-10(9)6-3-1/h2*1-8H. The normalized spacial score (nSPS) is 10.0. The Morgan fingerprint density at radius 1 is 0.300 bits per heavy atom. The SMILES string of the molecule is c1ccc2cccc-2cc1.c1ccc2ccccc2c1. The fourth-order valence-corrected chi connectivity index (χ4v) is 2.27. The predicted molar refractivity (Wildman–Crippen MR) is 87.0 cm³/mol. The molecule has 0 aromatic heterocycles. The van der Waals surface area contributed by atoms with Gasteiger partial charge in [-0.1, -0.05) is 97.1 Å². The van der Waals surface area contributed by atoms with Gasteiger partial charge in [0.25, 0.3) is 0 Å². The summed E-state index contributed by atoms with van der Waals surface area (Å²) in [6.07, 6.45) is 0. The molecule has 0 bridgehead atoms. The number of benzene rings is 2. The van der Waals surface area contributed by atoms with Crippen LogP contribution in [0, 0.1) is 0 Å². The van der Waals surface area contributed by atoms with Crippen molar-refractivity contribution in [3.63, 3.8) is 0 Å². The van der Waals surface area contributed by atoms with Crippen molar-refractivity contribution in [2.24, 2.45) is 0 Å². The highest BCUT2D eigenvalue weighted by molar-refractivity contribution is 5.82. The molecule has 0 N–H and O–H groups in total. The van der Waals surface area contributed by atoms with Crippen molar-refractivity contribution < 1.29 is 0 Å². The summed E-state index contributed by atoms with van der Waals surface area (Å²) in [6.45, 7) is 0. The highest BCUT2D eigenvalue weighted by atomic mass is 14.0. The minimum absolute atomic E-state index is 1.31. The Hall–Kier alpha value is -2.60. The van der Waals surface area contributed by atoms with Gasteiger partial charge in [-0.3, -0.25) is 0 Å². The summed E-state index contributed by atoms with van der Waals surface area (Å²) in [5.41, 5.74) is 2.62. The van der Waals surface area contributed by atoms with Crippen LogP contribution in [0.5, 0.6) is 0 Å². The number of hydrogen-bond acceptors (Lipinski definition) is 0. The van der Waals surface area contributed by atoms with Crippen LogP contribution in [0.15, 0.2) is 97.1 Å².